The van der Waals surface area contributed by atoms with Crippen LogP contribution in [0.1, 0.15) is 6.42 Å². The number of rotatable bonds is 4. The van der Waals surface area contributed by atoms with Gasteiger partial charge in [0.15, 0.2) is 5.96 Å². The van der Waals surface area contributed by atoms with Crippen LogP contribution in [-0.2, 0) is 4.74 Å². The summed E-state index contributed by atoms with van der Waals surface area (Å²) in [5.74, 6) is 0.968. The maximum atomic E-state index is 6.04. The number of hydrogen-bond acceptors (Lipinski definition) is 3. The van der Waals surface area contributed by atoms with Crippen molar-refractivity contribution >= 4 is 23.2 Å². The first-order valence-electron chi connectivity index (χ1n) is 6.35. The topological polar surface area (TPSA) is 68.9 Å². The van der Waals surface area contributed by atoms with Gasteiger partial charge in [0.2, 0.25) is 0 Å². The van der Waals surface area contributed by atoms with Gasteiger partial charge in [-0.15, -0.1) is 0 Å². The van der Waals surface area contributed by atoms with Gasteiger partial charge in [0.25, 0.3) is 0 Å². The normalized spacial score (nSPS) is 15.7. The van der Waals surface area contributed by atoms with E-state index in [4.69, 9.17) is 26.8 Å². The third-order valence-electron chi connectivity index (χ3n) is 2.86. The molecular weight excluding hydrogens is 278 g/mol. The first-order valence-corrected chi connectivity index (χ1v) is 6.73. The molecule has 6 heteroatoms. The van der Waals surface area contributed by atoms with Gasteiger partial charge in [-0.25, -0.2) is 4.99 Å². The summed E-state index contributed by atoms with van der Waals surface area (Å²) in [7, 11) is 1.57. The van der Waals surface area contributed by atoms with Crippen molar-refractivity contribution in [1.29, 1.82) is 0 Å². The van der Waals surface area contributed by atoms with Crippen molar-refractivity contribution in [2.24, 2.45) is 10.7 Å². The summed E-state index contributed by atoms with van der Waals surface area (Å²) in [6.45, 7) is 1.96. The van der Waals surface area contributed by atoms with Crippen molar-refractivity contribution in [3.63, 3.8) is 0 Å². The van der Waals surface area contributed by atoms with Crippen LogP contribution in [0.3, 0.4) is 0 Å². The van der Waals surface area contributed by atoms with Crippen molar-refractivity contribution in [3.05, 3.63) is 34.9 Å². The predicted octanol–water partition coefficient (Wildman–Crippen LogP) is 2.42. The van der Waals surface area contributed by atoms with E-state index in [-0.39, 0.29) is 0 Å². The van der Waals surface area contributed by atoms with Crippen LogP contribution >= 0.6 is 11.6 Å². The van der Waals surface area contributed by atoms with E-state index in [1.165, 1.54) is 0 Å². The molecule has 20 heavy (non-hydrogen) atoms. The highest BCUT2D eigenvalue weighted by atomic mass is 35.5. The molecule has 5 nitrogen and oxygen atoms in total. The molecule has 1 aromatic carbocycles. The number of aliphatic imine (C=N–C) groups is 1. The van der Waals surface area contributed by atoms with Crippen molar-refractivity contribution in [3.8, 4) is 5.75 Å². The summed E-state index contributed by atoms with van der Waals surface area (Å²) in [4.78, 5) is 4.28. The molecule has 0 saturated carbocycles. The van der Waals surface area contributed by atoms with Crippen LogP contribution in [0.2, 0.25) is 5.02 Å². The van der Waals surface area contributed by atoms with Gasteiger partial charge in [-0.05, 0) is 30.2 Å². The van der Waals surface area contributed by atoms with Crippen LogP contribution in [0.15, 0.2) is 34.8 Å². The average molecular weight is 296 g/mol. The Balaban J connectivity index is 1.94. The Labute approximate surface area is 123 Å². The maximum Gasteiger partial charge on any atom is 0.193 e. The van der Waals surface area contributed by atoms with E-state index in [9.17, 15) is 0 Å². The second-order valence-corrected chi connectivity index (χ2v) is 4.79. The summed E-state index contributed by atoms with van der Waals surface area (Å²) >= 11 is 6.04. The van der Waals surface area contributed by atoms with Crippen LogP contribution in [-0.4, -0.2) is 32.8 Å². The van der Waals surface area contributed by atoms with Gasteiger partial charge in [0, 0.05) is 5.69 Å². The van der Waals surface area contributed by atoms with E-state index in [1.807, 2.05) is 6.07 Å². The van der Waals surface area contributed by atoms with Gasteiger partial charge in [-0.2, -0.15) is 0 Å². The molecule has 108 valence electrons. The van der Waals surface area contributed by atoms with E-state index in [0.717, 1.165) is 24.3 Å². The number of benzene rings is 1. The smallest absolute Gasteiger partial charge is 0.193 e. The minimum absolute atomic E-state index is 0.345. The molecule has 3 N–H and O–H groups in total. The second kappa shape index (κ2) is 7.17. The summed E-state index contributed by atoms with van der Waals surface area (Å²) in [6, 6.07) is 5.34. The standard InChI is InChI=1S/C14H18ClN3O2/c1-19-13-5-4-11(7-12(13)15)18-14(16)17-8-10-3-2-6-20-9-10/h3-5,7H,2,6,8-9H2,1H3,(H3,16,17,18). The third kappa shape index (κ3) is 4.15. The Hall–Kier alpha value is -1.72. The molecule has 0 fully saturated rings. The molecule has 1 aliphatic heterocycles. The number of anilines is 1. The predicted molar refractivity (Wildman–Crippen MR) is 81.6 cm³/mol. The average Bonchev–Trinajstić information content (AvgIpc) is 2.46. The summed E-state index contributed by atoms with van der Waals surface area (Å²) in [5.41, 5.74) is 7.76. The number of ether oxygens (including phenoxy) is 2. The van der Waals surface area contributed by atoms with Crippen molar-refractivity contribution in [1.82, 2.24) is 0 Å². The molecule has 1 aliphatic rings. The maximum absolute atomic E-state index is 6.04. The minimum atomic E-state index is 0.345. The fourth-order valence-electron chi connectivity index (χ4n) is 1.84. The summed E-state index contributed by atoms with van der Waals surface area (Å²) in [5, 5.41) is 3.52. The number of halogens is 1. The fraction of sp³-hybridized carbons (Fsp3) is 0.357. The van der Waals surface area contributed by atoms with E-state index in [2.05, 4.69) is 16.4 Å². The van der Waals surface area contributed by atoms with Gasteiger partial charge in [0.1, 0.15) is 5.75 Å². The first-order chi connectivity index (χ1) is 9.69. The lowest BCUT2D eigenvalue weighted by atomic mass is 10.2. The number of nitrogens with zero attached hydrogens (tertiary/aromatic N) is 1. The molecule has 0 atom stereocenters. The van der Waals surface area contributed by atoms with Gasteiger partial charge in [-0.1, -0.05) is 17.7 Å². The zero-order chi connectivity index (χ0) is 14.4. The van der Waals surface area contributed by atoms with Crippen molar-refractivity contribution in [2.75, 3.05) is 32.2 Å². The quantitative estimate of drug-likeness (QED) is 0.508. The highest BCUT2D eigenvalue weighted by molar-refractivity contribution is 6.32. The Bertz CT molecular complexity index is 529. The zero-order valence-electron chi connectivity index (χ0n) is 11.4. The van der Waals surface area contributed by atoms with Crippen LogP contribution in [0, 0.1) is 0 Å². The first kappa shape index (κ1) is 14.7. The van der Waals surface area contributed by atoms with Gasteiger partial charge in [0.05, 0.1) is 31.9 Å². The largest absolute Gasteiger partial charge is 0.495 e. The van der Waals surface area contributed by atoms with Gasteiger partial charge >= 0.3 is 0 Å². The van der Waals surface area contributed by atoms with Crippen molar-refractivity contribution < 1.29 is 9.47 Å². The van der Waals surface area contributed by atoms with Crippen LogP contribution < -0.4 is 15.8 Å². The van der Waals surface area contributed by atoms with E-state index >= 15 is 0 Å². The molecule has 2 rings (SSSR count). The van der Waals surface area contributed by atoms with Crippen LogP contribution in [0.25, 0.3) is 0 Å². The lowest BCUT2D eigenvalue weighted by Gasteiger charge is -2.12. The zero-order valence-corrected chi connectivity index (χ0v) is 12.1. The number of guanidine groups is 1. The molecule has 0 aromatic heterocycles. The molecule has 0 aliphatic carbocycles. The fourth-order valence-corrected chi connectivity index (χ4v) is 2.09. The lowest BCUT2D eigenvalue weighted by molar-refractivity contribution is 0.150. The van der Waals surface area contributed by atoms with E-state index < -0.39 is 0 Å². The summed E-state index contributed by atoms with van der Waals surface area (Å²) in [6.07, 6.45) is 3.08. The molecule has 1 aromatic rings. The number of hydrogen-bond donors (Lipinski definition) is 2. The van der Waals surface area contributed by atoms with Crippen molar-refractivity contribution in [2.45, 2.75) is 6.42 Å². The second-order valence-electron chi connectivity index (χ2n) is 4.38. The van der Waals surface area contributed by atoms with Gasteiger partial charge in [-0.3, -0.25) is 0 Å². The summed E-state index contributed by atoms with van der Waals surface area (Å²) < 4.78 is 10.4. The highest BCUT2D eigenvalue weighted by Crippen LogP contribution is 2.27. The number of nitrogens with one attached hydrogen (secondary N) is 1. The van der Waals surface area contributed by atoms with Gasteiger partial charge < -0.3 is 20.5 Å². The van der Waals surface area contributed by atoms with Crippen LogP contribution in [0.5, 0.6) is 5.75 Å². The molecule has 0 saturated heterocycles. The Morgan fingerprint density at radius 1 is 1.55 bits per heavy atom. The van der Waals surface area contributed by atoms with E-state index in [1.54, 1.807) is 19.2 Å². The minimum Gasteiger partial charge on any atom is -0.495 e. The third-order valence-corrected chi connectivity index (χ3v) is 3.15. The Kier molecular flexibility index (Phi) is 5.26. The molecule has 0 radical (unpaired) electrons. The molecule has 0 spiro atoms. The highest BCUT2D eigenvalue weighted by Gasteiger charge is 2.04. The Morgan fingerprint density at radius 2 is 2.40 bits per heavy atom. The molecule has 1 heterocycles. The van der Waals surface area contributed by atoms with Crippen LogP contribution in [0.4, 0.5) is 5.69 Å². The number of methoxy groups -OCH3 is 1. The SMILES string of the molecule is COc1ccc(NC(N)=NCC2=CCCOC2)cc1Cl. The van der Waals surface area contributed by atoms with E-state index in [0.29, 0.717) is 29.9 Å². The molecule has 0 amide bonds. The molecular formula is C14H18ClN3O2. The molecule has 0 unspecified atom stereocenters. The monoisotopic (exact) mass is 295 g/mol. The molecule has 0 bridgehead atoms. The lowest BCUT2D eigenvalue weighted by Crippen LogP contribution is -2.23. The number of nitrogens with two attached hydrogens (primary N) is 1. The Morgan fingerprint density at radius 3 is 3.05 bits per heavy atom.